The van der Waals surface area contributed by atoms with Gasteiger partial charge in [0.15, 0.2) is 5.15 Å². The van der Waals surface area contributed by atoms with Crippen LogP contribution in [-0.4, -0.2) is 18.9 Å². The smallest absolute Gasteiger partial charge is 0.292 e. The quantitative estimate of drug-likeness (QED) is 0.665. The third-order valence-electron chi connectivity index (χ3n) is 4.07. The van der Waals surface area contributed by atoms with Gasteiger partial charge in [-0.2, -0.15) is 23.5 Å². The SMILES string of the molecule is CC(C#N)n1nc(Cl)c2ccc(-n3c(=O)cc(C(F)(F)F)n(C)c3=O)cc21. The molecule has 0 saturated heterocycles. The lowest BCUT2D eigenvalue weighted by atomic mass is 10.2. The van der Waals surface area contributed by atoms with Crippen LogP contribution in [0.4, 0.5) is 13.2 Å². The zero-order valence-corrected chi connectivity index (χ0v) is 14.7. The minimum atomic E-state index is -4.84. The van der Waals surface area contributed by atoms with E-state index in [-0.39, 0.29) is 10.8 Å². The fourth-order valence-corrected chi connectivity index (χ4v) is 2.95. The van der Waals surface area contributed by atoms with E-state index in [0.717, 1.165) is 7.05 Å². The average molecular weight is 398 g/mol. The Kier molecular flexibility index (Phi) is 4.35. The van der Waals surface area contributed by atoms with Gasteiger partial charge in [0.05, 0.1) is 17.3 Å². The van der Waals surface area contributed by atoms with Crippen LogP contribution in [0.15, 0.2) is 33.9 Å². The van der Waals surface area contributed by atoms with Crippen LogP contribution in [0.2, 0.25) is 5.15 Å². The molecule has 7 nitrogen and oxygen atoms in total. The molecule has 0 aliphatic carbocycles. The molecule has 2 heterocycles. The van der Waals surface area contributed by atoms with Crippen LogP contribution >= 0.6 is 11.6 Å². The molecule has 3 rings (SSSR count). The number of hydrogen-bond donors (Lipinski definition) is 0. The van der Waals surface area contributed by atoms with Crippen LogP contribution in [0.1, 0.15) is 18.7 Å². The summed E-state index contributed by atoms with van der Waals surface area (Å²) in [6.07, 6.45) is -4.84. The Hall–Kier alpha value is -3.06. The predicted molar refractivity (Wildman–Crippen MR) is 90.9 cm³/mol. The van der Waals surface area contributed by atoms with Gasteiger partial charge in [-0.05, 0) is 25.1 Å². The van der Waals surface area contributed by atoms with E-state index in [0.29, 0.717) is 26.1 Å². The summed E-state index contributed by atoms with van der Waals surface area (Å²) in [5.41, 5.74) is -3.24. The highest BCUT2D eigenvalue weighted by Gasteiger charge is 2.35. The molecular weight excluding hydrogens is 387 g/mol. The highest BCUT2D eigenvalue weighted by atomic mass is 35.5. The van der Waals surface area contributed by atoms with Gasteiger partial charge in [0.25, 0.3) is 5.56 Å². The molecular formula is C16H11ClF3N5O2. The second kappa shape index (κ2) is 6.28. The maximum atomic E-state index is 13.0. The Morgan fingerprint density at radius 1 is 1.26 bits per heavy atom. The molecule has 0 bridgehead atoms. The summed E-state index contributed by atoms with van der Waals surface area (Å²) < 4.78 is 41.2. The summed E-state index contributed by atoms with van der Waals surface area (Å²) in [6.45, 7) is 1.57. The van der Waals surface area contributed by atoms with Crippen molar-refractivity contribution >= 4 is 22.5 Å². The Morgan fingerprint density at radius 3 is 2.52 bits per heavy atom. The topological polar surface area (TPSA) is 85.6 Å². The van der Waals surface area contributed by atoms with Crippen LogP contribution < -0.4 is 11.2 Å². The van der Waals surface area contributed by atoms with Crippen LogP contribution in [0.5, 0.6) is 0 Å². The number of benzene rings is 1. The lowest BCUT2D eigenvalue weighted by Gasteiger charge is -2.14. The minimum Gasteiger partial charge on any atom is -0.292 e. The van der Waals surface area contributed by atoms with E-state index in [1.54, 1.807) is 6.92 Å². The van der Waals surface area contributed by atoms with Crippen molar-refractivity contribution in [3.63, 3.8) is 0 Å². The zero-order valence-electron chi connectivity index (χ0n) is 14.0. The van der Waals surface area contributed by atoms with E-state index in [4.69, 9.17) is 16.9 Å². The van der Waals surface area contributed by atoms with Gasteiger partial charge in [-0.3, -0.25) is 9.36 Å². The van der Waals surface area contributed by atoms with Crippen LogP contribution in [-0.2, 0) is 13.2 Å². The summed E-state index contributed by atoms with van der Waals surface area (Å²) in [4.78, 5) is 24.6. The Labute approximate surface area is 154 Å². The van der Waals surface area contributed by atoms with E-state index in [2.05, 4.69) is 5.10 Å². The van der Waals surface area contributed by atoms with E-state index in [9.17, 15) is 22.8 Å². The second-order valence-electron chi connectivity index (χ2n) is 5.78. The first-order valence-corrected chi connectivity index (χ1v) is 7.92. The molecule has 140 valence electrons. The van der Waals surface area contributed by atoms with E-state index in [1.165, 1.54) is 22.9 Å². The third kappa shape index (κ3) is 3.00. The number of fused-ring (bicyclic) bond motifs is 1. The highest BCUT2D eigenvalue weighted by Crippen LogP contribution is 2.28. The first kappa shape index (κ1) is 18.7. The van der Waals surface area contributed by atoms with Crippen molar-refractivity contribution < 1.29 is 13.2 Å². The molecule has 0 fully saturated rings. The van der Waals surface area contributed by atoms with Gasteiger partial charge in [-0.25, -0.2) is 14.0 Å². The van der Waals surface area contributed by atoms with Gasteiger partial charge >= 0.3 is 11.9 Å². The van der Waals surface area contributed by atoms with Crippen molar-refractivity contribution in [1.82, 2.24) is 18.9 Å². The van der Waals surface area contributed by atoms with Gasteiger partial charge in [0.1, 0.15) is 11.7 Å². The third-order valence-corrected chi connectivity index (χ3v) is 4.35. The standard InChI is InChI=1S/C16H11ClF3N5O2/c1-8(7-21)25-11-5-9(3-4-10(11)14(17)22-25)24-13(26)6-12(16(18,19)20)23(2)15(24)27/h3-6,8H,1-2H3. The summed E-state index contributed by atoms with van der Waals surface area (Å²) in [7, 11) is 0.929. The Morgan fingerprint density at radius 2 is 1.93 bits per heavy atom. The van der Waals surface area contributed by atoms with Crippen molar-refractivity contribution in [2.24, 2.45) is 7.05 Å². The average Bonchev–Trinajstić information content (AvgIpc) is 2.93. The van der Waals surface area contributed by atoms with Gasteiger partial charge in [0.2, 0.25) is 0 Å². The summed E-state index contributed by atoms with van der Waals surface area (Å²) >= 11 is 6.04. The van der Waals surface area contributed by atoms with Gasteiger partial charge in [0, 0.05) is 18.5 Å². The molecule has 0 N–H and O–H groups in total. The summed E-state index contributed by atoms with van der Waals surface area (Å²) in [5, 5.41) is 13.7. The van der Waals surface area contributed by atoms with Gasteiger partial charge in [-0.15, -0.1) is 0 Å². The fraction of sp³-hybridized carbons (Fsp3) is 0.250. The van der Waals surface area contributed by atoms with E-state index < -0.39 is 29.2 Å². The van der Waals surface area contributed by atoms with Crippen LogP contribution in [0.3, 0.4) is 0 Å². The second-order valence-corrected chi connectivity index (χ2v) is 6.14. The number of aromatic nitrogens is 4. The monoisotopic (exact) mass is 397 g/mol. The molecule has 1 unspecified atom stereocenters. The predicted octanol–water partition coefficient (Wildman–Crippen LogP) is 2.64. The molecule has 1 aromatic carbocycles. The Balaban J connectivity index is 2.31. The van der Waals surface area contributed by atoms with Crippen molar-refractivity contribution in [1.29, 1.82) is 5.26 Å². The first-order chi connectivity index (χ1) is 12.6. The molecule has 3 aromatic rings. The maximum absolute atomic E-state index is 13.0. The first-order valence-electron chi connectivity index (χ1n) is 7.54. The molecule has 0 saturated carbocycles. The number of halogens is 4. The number of nitriles is 1. The lowest BCUT2D eigenvalue weighted by molar-refractivity contribution is -0.144. The van der Waals surface area contributed by atoms with Crippen molar-refractivity contribution in [2.45, 2.75) is 19.1 Å². The molecule has 2 aromatic heterocycles. The molecule has 0 aliphatic rings. The van der Waals surface area contributed by atoms with E-state index >= 15 is 0 Å². The zero-order chi connectivity index (χ0) is 20.1. The highest BCUT2D eigenvalue weighted by molar-refractivity contribution is 6.34. The lowest BCUT2D eigenvalue weighted by Crippen LogP contribution is -2.40. The van der Waals surface area contributed by atoms with Crippen molar-refractivity contribution in [2.75, 3.05) is 0 Å². The van der Waals surface area contributed by atoms with Crippen molar-refractivity contribution in [3.8, 4) is 11.8 Å². The summed E-state index contributed by atoms with van der Waals surface area (Å²) in [5.74, 6) is 0. The van der Waals surface area contributed by atoms with E-state index in [1.807, 2.05) is 6.07 Å². The molecule has 0 amide bonds. The summed E-state index contributed by atoms with van der Waals surface area (Å²) in [6, 6.07) is 5.86. The molecule has 0 spiro atoms. The van der Waals surface area contributed by atoms with Crippen LogP contribution in [0, 0.1) is 11.3 Å². The molecule has 1 atom stereocenters. The maximum Gasteiger partial charge on any atom is 0.431 e. The van der Waals surface area contributed by atoms with Gasteiger partial charge < -0.3 is 0 Å². The molecule has 11 heteroatoms. The largest absolute Gasteiger partial charge is 0.431 e. The number of alkyl halides is 3. The molecule has 0 radical (unpaired) electrons. The van der Waals surface area contributed by atoms with Crippen molar-refractivity contribution in [3.05, 3.63) is 56.0 Å². The molecule has 0 aliphatic heterocycles. The fourth-order valence-electron chi connectivity index (χ4n) is 2.71. The van der Waals surface area contributed by atoms with Gasteiger partial charge in [-0.1, -0.05) is 11.6 Å². The van der Waals surface area contributed by atoms with Crippen LogP contribution in [0.25, 0.3) is 16.6 Å². The number of hydrogen-bond acceptors (Lipinski definition) is 4. The number of rotatable bonds is 2. The molecule has 27 heavy (non-hydrogen) atoms. The number of nitrogens with zero attached hydrogens (tertiary/aromatic N) is 5. The normalized spacial score (nSPS) is 12.9. The Bertz CT molecular complexity index is 1220. The minimum absolute atomic E-state index is 0.0322.